The Bertz CT molecular complexity index is 649. The molecule has 6 heteroatoms. The van der Waals surface area contributed by atoms with Crippen molar-refractivity contribution >= 4 is 23.2 Å². The van der Waals surface area contributed by atoms with E-state index in [1.165, 1.54) is 18.5 Å². The van der Waals surface area contributed by atoms with Crippen LogP contribution in [0.5, 0.6) is 0 Å². The highest BCUT2D eigenvalue weighted by Crippen LogP contribution is 2.21. The van der Waals surface area contributed by atoms with Gasteiger partial charge in [0.15, 0.2) is 0 Å². The molecule has 0 saturated carbocycles. The number of benzene rings is 1. The van der Waals surface area contributed by atoms with Gasteiger partial charge in [0.1, 0.15) is 0 Å². The third-order valence-corrected chi connectivity index (χ3v) is 5.03. The molecule has 0 bridgehead atoms. The van der Waals surface area contributed by atoms with E-state index in [0.29, 0.717) is 11.4 Å². The molecule has 1 amide bonds. The first-order chi connectivity index (χ1) is 12.2. The number of amides is 1. The number of aromatic nitrogens is 2. The first-order valence-electron chi connectivity index (χ1n) is 8.94. The molecule has 0 aliphatic carbocycles. The predicted molar refractivity (Wildman–Crippen MR) is 101 cm³/mol. The maximum atomic E-state index is 12.0. The van der Waals surface area contributed by atoms with Crippen LogP contribution >= 0.6 is 11.6 Å². The van der Waals surface area contributed by atoms with Crippen LogP contribution < -0.4 is 5.32 Å². The van der Waals surface area contributed by atoms with Gasteiger partial charge in [-0.15, -0.1) is 0 Å². The molecule has 2 N–H and O–H groups in total. The van der Waals surface area contributed by atoms with E-state index in [1.54, 1.807) is 18.5 Å². The third kappa shape index (κ3) is 5.87. The van der Waals surface area contributed by atoms with Crippen LogP contribution in [-0.2, 0) is 11.2 Å². The van der Waals surface area contributed by atoms with Crippen molar-refractivity contribution in [2.24, 2.45) is 5.92 Å². The van der Waals surface area contributed by atoms with Crippen molar-refractivity contribution < 1.29 is 4.79 Å². The number of halogens is 1. The molecule has 1 aromatic carbocycles. The molecule has 134 valence electrons. The zero-order valence-electron chi connectivity index (χ0n) is 14.4. The monoisotopic (exact) mass is 360 g/mol. The Balaban J connectivity index is 1.30. The van der Waals surface area contributed by atoms with Gasteiger partial charge in [-0.2, -0.15) is 0 Å². The van der Waals surface area contributed by atoms with Crippen molar-refractivity contribution in [1.82, 2.24) is 14.9 Å². The molecular weight excluding hydrogens is 336 g/mol. The number of H-pyrrole nitrogens is 1. The summed E-state index contributed by atoms with van der Waals surface area (Å²) in [7, 11) is 0. The highest BCUT2D eigenvalue weighted by molar-refractivity contribution is 6.30. The van der Waals surface area contributed by atoms with Crippen molar-refractivity contribution in [2.45, 2.75) is 32.1 Å². The lowest BCUT2D eigenvalue weighted by atomic mass is 9.92. The zero-order chi connectivity index (χ0) is 17.5. The minimum Gasteiger partial charge on any atom is -0.348 e. The molecule has 0 radical (unpaired) electrons. The van der Waals surface area contributed by atoms with Gasteiger partial charge in [-0.25, -0.2) is 4.98 Å². The Kier molecular flexibility index (Phi) is 6.48. The van der Waals surface area contributed by atoms with Gasteiger partial charge in [-0.05, 0) is 75.5 Å². The number of piperidine rings is 1. The van der Waals surface area contributed by atoms with Gasteiger partial charge in [0.05, 0.1) is 6.33 Å². The molecule has 5 nitrogen and oxygen atoms in total. The normalized spacial score (nSPS) is 16.0. The third-order valence-electron chi connectivity index (χ3n) is 4.78. The number of nitrogens with zero attached hydrogens (tertiary/aromatic N) is 2. The summed E-state index contributed by atoms with van der Waals surface area (Å²) in [5, 5.41) is 3.59. The molecule has 1 aliphatic heterocycles. The molecular formula is C19H25ClN4O. The van der Waals surface area contributed by atoms with E-state index in [0.717, 1.165) is 44.1 Å². The van der Waals surface area contributed by atoms with E-state index in [2.05, 4.69) is 20.2 Å². The van der Waals surface area contributed by atoms with Crippen LogP contribution in [0.1, 0.15) is 31.4 Å². The molecule has 0 atom stereocenters. The Labute approximate surface area is 153 Å². The average molecular weight is 361 g/mol. The van der Waals surface area contributed by atoms with E-state index >= 15 is 0 Å². The van der Waals surface area contributed by atoms with Crippen molar-refractivity contribution in [3.05, 3.63) is 47.5 Å². The topological polar surface area (TPSA) is 61.0 Å². The van der Waals surface area contributed by atoms with E-state index < -0.39 is 0 Å². The van der Waals surface area contributed by atoms with Crippen LogP contribution in [-0.4, -0.2) is 40.4 Å². The van der Waals surface area contributed by atoms with E-state index in [4.69, 9.17) is 11.6 Å². The van der Waals surface area contributed by atoms with Crippen LogP contribution in [0.4, 0.5) is 5.69 Å². The minimum atomic E-state index is 0.0662. The average Bonchev–Trinajstić information content (AvgIpc) is 3.12. The van der Waals surface area contributed by atoms with Gasteiger partial charge < -0.3 is 15.2 Å². The quantitative estimate of drug-likeness (QED) is 0.790. The summed E-state index contributed by atoms with van der Waals surface area (Å²) < 4.78 is 0. The van der Waals surface area contributed by atoms with E-state index in [1.807, 2.05) is 18.3 Å². The molecule has 2 heterocycles. The van der Waals surface area contributed by atoms with Gasteiger partial charge in [0.25, 0.3) is 0 Å². The number of imidazole rings is 1. The number of nitrogens with one attached hydrogen (secondary N) is 2. The molecule has 1 aliphatic rings. The van der Waals surface area contributed by atoms with E-state index in [-0.39, 0.29) is 5.91 Å². The Morgan fingerprint density at radius 2 is 2.04 bits per heavy atom. The first kappa shape index (κ1) is 18.0. The molecule has 0 spiro atoms. The van der Waals surface area contributed by atoms with Gasteiger partial charge in [-0.3, -0.25) is 4.79 Å². The lowest BCUT2D eigenvalue weighted by molar-refractivity contribution is -0.116. The van der Waals surface area contributed by atoms with Crippen LogP contribution in [0.2, 0.25) is 5.02 Å². The second kappa shape index (κ2) is 9.02. The fourth-order valence-corrected chi connectivity index (χ4v) is 3.47. The largest absolute Gasteiger partial charge is 0.348 e. The number of anilines is 1. The number of carbonyl (C=O) groups is 1. The Morgan fingerprint density at radius 3 is 2.72 bits per heavy atom. The summed E-state index contributed by atoms with van der Waals surface area (Å²) in [4.78, 5) is 21.7. The smallest absolute Gasteiger partial charge is 0.224 e. The second-order valence-corrected chi connectivity index (χ2v) is 7.16. The number of aromatic amines is 1. The predicted octanol–water partition coefficient (Wildman–Crippen LogP) is 3.74. The highest BCUT2D eigenvalue weighted by Gasteiger charge is 2.19. The number of carbonyl (C=O) groups excluding carboxylic acids is 1. The van der Waals surface area contributed by atoms with Crippen molar-refractivity contribution in [1.29, 1.82) is 0 Å². The van der Waals surface area contributed by atoms with Crippen LogP contribution in [0.15, 0.2) is 36.8 Å². The molecule has 25 heavy (non-hydrogen) atoms. The van der Waals surface area contributed by atoms with E-state index in [9.17, 15) is 4.79 Å². The van der Waals surface area contributed by atoms with Crippen molar-refractivity contribution in [3.63, 3.8) is 0 Å². The first-order valence-corrected chi connectivity index (χ1v) is 9.32. The summed E-state index contributed by atoms with van der Waals surface area (Å²) in [5.74, 6) is 0.807. The summed E-state index contributed by atoms with van der Waals surface area (Å²) in [5.41, 5.74) is 2.03. The fourth-order valence-electron chi connectivity index (χ4n) is 3.34. The second-order valence-electron chi connectivity index (χ2n) is 6.72. The number of hydrogen-bond donors (Lipinski definition) is 2. The van der Waals surface area contributed by atoms with Crippen LogP contribution in [0.25, 0.3) is 0 Å². The maximum absolute atomic E-state index is 12.0. The molecule has 1 saturated heterocycles. The Morgan fingerprint density at radius 1 is 1.28 bits per heavy atom. The van der Waals surface area contributed by atoms with Crippen LogP contribution in [0.3, 0.4) is 0 Å². The molecule has 1 fully saturated rings. The summed E-state index contributed by atoms with van der Waals surface area (Å²) in [6, 6.07) is 7.21. The lowest BCUT2D eigenvalue weighted by Gasteiger charge is -2.31. The summed E-state index contributed by atoms with van der Waals surface area (Å²) in [6.07, 6.45) is 8.65. The fraction of sp³-hybridized carbons (Fsp3) is 0.474. The number of hydrogen-bond acceptors (Lipinski definition) is 3. The summed E-state index contributed by atoms with van der Waals surface area (Å²) >= 11 is 5.84. The van der Waals surface area contributed by atoms with Gasteiger partial charge in [0, 0.05) is 29.0 Å². The molecule has 3 rings (SSSR count). The van der Waals surface area contributed by atoms with Crippen molar-refractivity contribution in [3.8, 4) is 0 Å². The van der Waals surface area contributed by atoms with Gasteiger partial charge in [-0.1, -0.05) is 11.6 Å². The molecule has 1 aromatic heterocycles. The number of rotatable bonds is 7. The summed E-state index contributed by atoms with van der Waals surface area (Å²) in [6.45, 7) is 3.24. The zero-order valence-corrected chi connectivity index (χ0v) is 15.1. The lowest BCUT2D eigenvalue weighted by Crippen LogP contribution is -2.35. The van der Waals surface area contributed by atoms with Crippen LogP contribution in [0, 0.1) is 5.92 Å². The van der Waals surface area contributed by atoms with Crippen molar-refractivity contribution in [2.75, 3.05) is 25.0 Å². The SMILES string of the molecule is O=C(CCCN1CCC(Cc2cnc[nH]2)CC1)Nc1ccc(Cl)cc1. The molecule has 0 unspecified atom stereocenters. The highest BCUT2D eigenvalue weighted by atomic mass is 35.5. The standard InChI is InChI=1S/C19H25ClN4O/c20-16-3-5-17(6-4-16)23-19(25)2-1-9-24-10-7-15(8-11-24)12-18-13-21-14-22-18/h3-6,13-15H,1-2,7-12H2,(H,21,22)(H,23,25). The number of likely N-dealkylation sites (tertiary alicyclic amines) is 1. The Hall–Kier alpha value is -1.85. The maximum Gasteiger partial charge on any atom is 0.224 e. The van der Waals surface area contributed by atoms with Gasteiger partial charge in [0.2, 0.25) is 5.91 Å². The van der Waals surface area contributed by atoms with Gasteiger partial charge >= 0.3 is 0 Å². The molecule has 2 aromatic rings. The minimum absolute atomic E-state index is 0.0662.